The summed E-state index contributed by atoms with van der Waals surface area (Å²) < 4.78 is 7.41. The van der Waals surface area contributed by atoms with Crippen molar-refractivity contribution in [1.29, 1.82) is 0 Å². The highest BCUT2D eigenvalue weighted by molar-refractivity contribution is 5.31. The number of nitrogens with one attached hydrogen (secondary N) is 1. The molecule has 1 heterocycles. The summed E-state index contributed by atoms with van der Waals surface area (Å²) in [5, 5.41) is 11.3. The van der Waals surface area contributed by atoms with Gasteiger partial charge in [-0.15, -0.1) is 22.5 Å². The van der Waals surface area contributed by atoms with Gasteiger partial charge in [-0.3, -0.25) is 0 Å². The van der Waals surface area contributed by atoms with Crippen LogP contribution in [0.25, 0.3) is 0 Å². The highest BCUT2D eigenvalue weighted by Gasteiger charge is 2.03. The molecule has 0 atom stereocenters. The Hall–Kier alpha value is -2.48. The Labute approximate surface area is 119 Å². The number of aryl methyl sites for hydroxylation is 1. The predicted molar refractivity (Wildman–Crippen MR) is 78.5 cm³/mol. The first kappa shape index (κ1) is 13.9. The summed E-state index contributed by atoms with van der Waals surface area (Å²) in [6.07, 6.45) is 5.79. The number of hydrogen-bond acceptors (Lipinski definition) is 4. The zero-order valence-corrected chi connectivity index (χ0v) is 11.8. The molecule has 0 fully saturated rings. The molecule has 0 spiro atoms. The highest BCUT2D eigenvalue weighted by Crippen LogP contribution is 2.13. The zero-order valence-electron chi connectivity index (χ0n) is 11.8. The topological polar surface area (TPSA) is 52.0 Å². The number of anilines is 1. The molecule has 0 aliphatic heterocycles. The van der Waals surface area contributed by atoms with Crippen LogP contribution < -0.4 is 10.1 Å². The van der Waals surface area contributed by atoms with Crippen LogP contribution in [-0.4, -0.2) is 21.4 Å². The molecular weight excluding hydrogens is 252 g/mol. The van der Waals surface area contributed by atoms with E-state index in [1.165, 1.54) is 0 Å². The fourth-order valence-electron chi connectivity index (χ4n) is 1.67. The van der Waals surface area contributed by atoms with Crippen molar-refractivity contribution < 1.29 is 4.74 Å². The second kappa shape index (κ2) is 6.62. The number of nitrogens with zero attached hydrogens (tertiary/aromatic N) is 3. The summed E-state index contributed by atoms with van der Waals surface area (Å²) in [5.41, 5.74) is 1.15. The number of aromatic nitrogens is 3. The molecule has 20 heavy (non-hydrogen) atoms. The van der Waals surface area contributed by atoms with Gasteiger partial charge in [0.05, 0.1) is 6.61 Å². The van der Waals surface area contributed by atoms with E-state index in [0.717, 1.165) is 23.1 Å². The molecule has 0 radical (unpaired) electrons. The minimum Gasteiger partial charge on any atom is -0.493 e. The largest absolute Gasteiger partial charge is 0.493 e. The molecule has 5 nitrogen and oxygen atoms in total. The van der Waals surface area contributed by atoms with E-state index in [1.807, 2.05) is 42.8 Å². The number of rotatable bonds is 6. The maximum Gasteiger partial charge on any atom is 0.224 e. The molecule has 0 unspecified atom stereocenters. The van der Waals surface area contributed by atoms with Crippen LogP contribution in [0.15, 0.2) is 24.3 Å². The van der Waals surface area contributed by atoms with Crippen molar-refractivity contribution in [2.45, 2.75) is 19.9 Å². The molecule has 2 rings (SSSR count). The Bertz CT molecular complexity index is 595. The quantitative estimate of drug-likeness (QED) is 0.645. The molecule has 1 N–H and O–H groups in total. The van der Waals surface area contributed by atoms with Gasteiger partial charge in [0, 0.05) is 20.0 Å². The third-order valence-corrected chi connectivity index (χ3v) is 2.98. The van der Waals surface area contributed by atoms with E-state index in [1.54, 1.807) is 0 Å². The van der Waals surface area contributed by atoms with Crippen molar-refractivity contribution in [3.63, 3.8) is 0 Å². The van der Waals surface area contributed by atoms with Crippen molar-refractivity contribution in [2.24, 2.45) is 7.05 Å². The molecule has 0 aliphatic rings. The van der Waals surface area contributed by atoms with E-state index in [0.29, 0.717) is 19.6 Å². The monoisotopic (exact) mass is 270 g/mol. The SMILES string of the molecule is C#CCCOc1ccc(CNc2nnc(C)n2C)cc1. The first-order valence-electron chi connectivity index (χ1n) is 6.46. The van der Waals surface area contributed by atoms with Crippen molar-refractivity contribution in [2.75, 3.05) is 11.9 Å². The van der Waals surface area contributed by atoms with Crippen LogP contribution in [0.1, 0.15) is 17.8 Å². The molecule has 104 valence electrons. The minimum absolute atomic E-state index is 0.548. The molecule has 0 bridgehead atoms. The molecule has 0 saturated carbocycles. The van der Waals surface area contributed by atoms with Crippen molar-refractivity contribution in [3.8, 4) is 18.1 Å². The zero-order chi connectivity index (χ0) is 14.4. The number of benzene rings is 1. The highest BCUT2D eigenvalue weighted by atomic mass is 16.5. The Balaban J connectivity index is 1.88. The lowest BCUT2D eigenvalue weighted by Gasteiger charge is -2.07. The molecule has 5 heteroatoms. The summed E-state index contributed by atoms with van der Waals surface area (Å²) in [5.74, 6) is 5.02. The van der Waals surface area contributed by atoms with Crippen LogP contribution in [0.3, 0.4) is 0 Å². The maximum atomic E-state index is 5.50. The average molecular weight is 270 g/mol. The van der Waals surface area contributed by atoms with Gasteiger partial charge in [0.1, 0.15) is 11.6 Å². The van der Waals surface area contributed by atoms with Gasteiger partial charge in [0.2, 0.25) is 5.95 Å². The van der Waals surface area contributed by atoms with Gasteiger partial charge in [-0.1, -0.05) is 12.1 Å². The van der Waals surface area contributed by atoms with Crippen molar-refractivity contribution >= 4 is 5.95 Å². The third-order valence-electron chi connectivity index (χ3n) is 2.98. The standard InChI is InChI=1S/C15H18N4O/c1-4-5-10-20-14-8-6-13(7-9-14)11-16-15-18-17-12(2)19(15)3/h1,6-9H,5,10-11H2,2-3H3,(H,16,18). The van der Waals surface area contributed by atoms with Crippen molar-refractivity contribution in [1.82, 2.24) is 14.8 Å². The predicted octanol–water partition coefficient (Wildman–Crippen LogP) is 2.14. The fourth-order valence-corrected chi connectivity index (χ4v) is 1.67. The molecule has 0 amide bonds. The summed E-state index contributed by atoms with van der Waals surface area (Å²) in [4.78, 5) is 0. The smallest absolute Gasteiger partial charge is 0.224 e. The van der Waals surface area contributed by atoms with Gasteiger partial charge in [-0.2, -0.15) is 0 Å². The van der Waals surface area contributed by atoms with Crippen LogP contribution in [0, 0.1) is 19.3 Å². The van der Waals surface area contributed by atoms with E-state index in [-0.39, 0.29) is 0 Å². The normalized spacial score (nSPS) is 10.1. The second-order valence-electron chi connectivity index (χ2n) is 4.43. The molecule has 0 saturated heterocycles. The number of hydrogen-bond donors (Lipinski definition) is 1. The molecule has 1 aromatic heterocycles. The number of ether oxygens (including phenoxy) is 1. The van der Waals surface area contributed by atoms with E-state index in [4.69, 9.17) is 11.2 Å². The van der Waals surface area contributed by atoms with E-state index >= 15 is 0 Å². The molecule has 2 aromatic rings. The lowest BCUT2D eigenvalue weighted by molar-refractivity contribution is 0.327. The van der Waals surface area contributed by atoms with Crippen molar-refractivity contribution in [3.05, 3.63) is 35.7 Å². The van der Waals surface area contributed by atoms with E-state index in [2.05, 4.69) is 21.4 Å². The van der Waals surface area contributed by atoms with Gasteiger partial charge in [0.15, 0.2) is 0 Å². The molecule has 1 aromatic carbocycles. The molecule has 0 aliphatic carbocycles. The second-order valence-corrected chi connectivity index (χ2v) is 4.43. The Kier molecular flexibility index (Phi) is 4.61. The molecular formula is C15H18N4O. The lowest BCUT2D eigenvalue weighted by atomic mass is 10.2. The maximum absolute atomic E-state index is 5.50. The summed E-state index contributed by atoms with van der Waals surface area (Å²) in [6, 6.07) is 7.91. The Morgan fingerprint density at radius 2 is 2.05 bits per heavy atom. The van der Waals surface area contributed by atoms with E-state index < -0.39 is 0 Å². The van der Waals surface area contributed by atoms with Crippen LogP contribution in [-0.2, 0) is 13.6 Å². The third kappa shape index (κ3) is 3.51. The van der Waals surface area contributed by atoms with Gasteiger partial charge in [-0.25, -0.2) is 0 Å². The summed E-state index contributed by atoms with van der Waals surface area (Å²) in [7, 11) is 1.93. The van der Waals surface area contributed by atoms with Gasteiger partial charge >= 0.3 is 0 Å². The first-order chi connectivity index (χ1) is 9.70. The van der Waals surface area contributed by atoms with Crippen LogP contribution in [0.2, 0.25) is 0 Å². The van der Waals surface area contributed by atoms with Gasteiger partial charge < -0.3 is 14.6 Å². The van der Waals surface area contributed by atoms with Crippen LogP contribution >= 0.6 is 0 Å². The number of terminal acetylenes is 1. The summed E-state index contributed by atoms with van der Waals surface area (Å²) >= 11 is 0. The summed E-state index contributed by atoms with van der Waals surface area (Å²) in [6.45, 7) is 3.16. The fraction of sp³-hybridized carbons (Fsp3) is 0.333. The van der Waals surface area contributed by atoms with Crippen LogP contribution in [0.4, 0.5) is 5.95 Å². The minimum atomic E-state index is 0.548. The van der Waals surface area contributed by atoms with Crippen LogP contribution in [0.5, 0.6) is 5.75 Å². The Morgan fingerprint density at radius 3 is 2.65 bits per heavy atom. The lowest BCUT2D eigenvalue weighted by Crippen LogP contribution is -2.05. The van der Waals surface area contributed by atoms with Gasteiger partial charge in [0.25, 0.3) is 0 Å². The van der Waals surface area contributed by atoms with E-state index in [9.17, 15) is 0 Å². The Morgan fingerprint density at radius 1 is 1.30 bits per heavy atom. The average Bonchev–Trinajstić information content (AvgIpc) is 2.78. The van der Waals surface area contributed by atoms with Gasteiger partial charge in [-0.05, 0) is 24.6 Å². The first-order valence-corrected chi connectivity index (χ1v) is 6.46.